The molecule has 1 aromatic rings. The lowest BCUT2D eigenvalue weighted by molar-refractivity contribution is -0.137. The summed E-state index contributed by atoms with van der Waals surface area (Å²) in [5.74, 6) is 0.491. The van der Waals surface area contributed by atoms with E-state index in [0.29, 0.717) is 13.2 Å². The zero-order valence-electron chi connectivity index (χ0n) is 10.3. The van der Waals surface area contributed by atoms with Crippen LogP contribution in [0.4, 0.5) is 0 Å². The van der Waals surface area contributed by atoms with E-state index >= 15 is 0 Å². The number of hydrogen-bond donors (Lipinski definition) is 0. The maximum atomic E-state index is 11.1. The first-order valence-corrected chi connectivity index (χ1v) is 5.84. The van der Waals surface area contributed by atoms with Gasteiger partial charge in [-0.05, 0) is 37.1 Å². The maximum absolute atomic E-state index is 11.1. The molecule has 1 aromatic carbocycles. The molecule has 0 aliphatic rings. The molecule has 17 heavy (non-hydrogen) atoms. The summed E-state index contributed by atoms with van der Waals surface area (Å²) < 4.78 is 10.3. The van der Waals surface area contributed by atoms with Crippen molar-refractivity contribution in [3.63, 3.8) is 0 Å². The highest BCUT2D eigenvalue weighted by molar-refractivity contribution is 5.87. The number of carbonyl (C=O) groups excluding carboxylic acids is 1. The first-order valence-electron chi connectivity index (χ1n) is 5.84. The van der Waals surface area contributed by atoms with E-state index in [1.807, 2.05) is 24.3 Å². The third kappa shape index (κ3) is 5.20. The number of esters is 1. The number of hydrogen-bond acceptors (Lipinski definition) is 3. The predicted molar refractivity (Wildman–Crippen MR) is 67.9 cm³/mol. The highest BCUT2D eigenvalue weighted by atomic mass is 16.5. The average molecular weight is 234 g/mol. The van der Waals surface area contributed by atoms with E-state index in [0.717, 1.165) is 17.7 Å². The smallest absolute Gasteiger partial charge is 0.330 e. The van der Waals surface area contributed by atoms with Crippen LogP contribution in [0.1, 0.15) is 25.8 Å². The van der Waals surface area contributed by atoms with Gasteiger partial charge in [0.25, 0.3) is 0 Å². The van der Waals surface area contributed by atoms with Crippen molar-refractivity contribution in [2.75, 3.05) is 13.2 Å². The second-order valence-electron chi connectivity index (χ2n) is 3.51. The Morgan fingerprint density at radius 3 is 2.88 bits per heavy atom. The van der Waals surface area contributed by atoms with Gasteiger partial charge in [-0.1, -0.05) is 19.1 Å². The van der Waals surface area contributed by atoms with Crippen LogP contribution in [-0.4, -0.2) is 19.2 Å². The average Bonchev–Trinajstić information content (AvgIpc) is 2.35. The monoisotopic (exact) mass is 234 g/mol. The van der Waals surface area contributed by atoms with Crippen molar-refractivity contribution in [3.8, 4) is 5.75 Å². The van der Waals surface area contributed by atoms with Crippen LogP contribution < -0.4 is 4.74 Å². The fourth-order valence-corrected chi connectivity index (χ4v) is 1.28. The first-order chi connectivity index (χ1) is 8.26. The molecule has 1 rings (SSSR count). The Morgan fingerprint density at radius 2 is 2.18 bits per heavy atom. The van der Waals surface area contributed by atoms with Gasteiger partial charge in [0.1, 0.15) is 5.75 Å². The Balaban J connectivity index is 2.61. The number of carbonyl (C=O) groups is 1. The van der Waals surface area contributed by atoms with Gasteiger partial charge in [-0.25, -0.2) is 4.79 Å². The van der Waals surface area contributed by atoms with Gasteiger partial charge >= 0.3 is 5.97 Å². The van der Waals surface area contributed by atoms with Gasteiger partial charge in [0.15, 0.2) is 0 Å². The van der Waals surface area contributed by atoms with E-state index in [-0.39, 0.29) is 5.97 Å². The van der Waals surface area contributed by atoms with Crippen molar-refractivity contribution in [2.24, 2.45) is 0 Å². The lowest BCUT2D eigenvalue weighted by Gasteiger charge is -2.04. The lowest BCUT2D eigenvalue weighted by Crippen LogP contribution is -1.98. The summed E-state index contributed by atoms with van der Waals surface area (Å²) in [6.45, 7) is 4.93. The van der Waals surface area contributed by atoms with Gasteiger partial charge in [-0.15, -0.1) is 0 Å². The molecule has 0 amide bonds. The van der Waals surface area contributed by atoms with E-state index in [4.69, 9.17) is 9.47 Å². The number of rotatable bonds is 6. The lowest BCUT2D eigenvalue weighted by atomic mass is 10.2. The summed E-state index contributed by atoms with van der Waals surface area (Å²) >= 11 is 0. The topological polar surface area (TPSA) is 35.5 Å². The van der Waals surface area contributed by atoms with E-state index in [2.05, 4.69) is 6.92 Å². The summed E-state index contributed by atoms with van der Waals surface area (Å²) in [4.78, 5) is 11.1. The zero-order chi connectivity index (χ0) is 12.5. The molecule has 0 heterocycles. The second-order valence-corrected chi connectivity index (χ2v) is 3.51. The van der Waals surface area contributed by atoms with Crippen LogP contribution in [0.5, 0.6) is 5.75 Å². The Bertz CT molecular complexity index is 383. The minimum absolute atomic E-state index is 0.327. The molecule has 3 nitrogen and oxygen atoms in total. The Kier molecular flexibility index (Phi) is 5.86. The molecule has 0 radical (unpaired) electrons. The number of benzene rings is 1. The van der Waals surface area contributed by atoms with Crippen LogP contribution in [0.3, 0.4) is 0 Å². The minimum Gasteiger partial charge on any atom is -0.494 e. The Labute approximate surface area is 102 Å². The SMILES string of the molecule is CCCOc1cccc(C=CC(=O)OCC)c1. The predicted octanol–water partition coefficient (Wildman–Crippen LogP) is 3.05. The van der Waals surface area contributed by atoms with Crippen molar-refractivity contribution in [1.29, 1.82) is 0 Å². The van der Waals surface area contributed by atoms with Gasteiger partial charge in [-0.2, -0.15) is 0 Å². The molecule has 0 saturated heterocycles. The maximum Gasteiger partial charge on any atom is 0.330 e. The molecule has 0 unspecified atom stereocenters. The largest absolute Gasteiger partial charge is 0.494 e. The standard InChI is InChI=1S/C14H18O3/c1-3-10-17-13-7-5-6-12(11-13)8-9-14(15)16-4-2/h5-9,11H,3-4,10H2,1-2H3. The highest BCUT2D eigenvalue weighted by Crippen LogP contribution is 2.14. The molecule has 0 aliphatic heterocycles. The normalized spacial score (nSPS) is 10.5. The summed E-state index contributed by atoms with van der Waals surface area (Å²) in [5, 5.41) is 0. The minimum atomic E-state index is -0.327. The fraction of sp³-hybridized carbons (Fsp3) is 0.357. The van der Waals surface area contributed by atoms with Crippen molar-refractivity contribution < 1.29 is 14.3 Å². The van der Waals surface area contributed by atoms with Crippen LogP contribution in [0.2, 0.25) is 0 Å². The van der Waals surface area contributed by atoms with Crippen LogP contribution >= 0.6 is 0 Å². The number of ether oxygens (including phenoxy) is 2. The molecular weight excluding hydrogens is 216 g/mol. The molecule has 0 spiro atoms. The molecule has 0 bridgehead atoms. The van der Waals surface area contributed by atoms with Crippen LogP contribution in [0.15, 0.2) is 30.3 Å². The van der Waals surface area contributed by atoms with Crippen LogP contribution in [0.25, 0.3) is 6.08 Å². The van der Waals surface area contributed by atoms with Gasteiger partial charge in [0.2, 0.25) is 0 Å². The van der Waals surface area contributed by atoms with Crippen molar-refractivity contribution in [3.05, 3.63) is 35.9 Å². The van der Waals surface area contributed by atoms with Crippen LogP contribution in [0, 0.1) is 0 Å². The molecular formula is C14H18O3. The zero-order valence-corrected chi connectivity index (χ0v) is 10.3. The van der Waals surface area contributed by atoms with Gasteiger partial charge in [0, 0.05) is 6.08 Å². The molecule has 0 saturated carbocycles. The van der Waals surface area contributed by atoms with Crippen molar-refractivity contribution in [1.82, 2.24) is 0 Å². The van der Waals surface area contributed by atoms with E-state index in [9.17, 15) is 4.79 Å². The van der Waals surface area contributed by atoms with Gasteiger partial charge < -0.3 is 9.47 Å². The van der Waals surface area contributed by atoms with Gasteiger partial charge in [-0.3, -0.25) is 0 Å². The van der Waals surface area contributed by atoms with Crippen molar-refractivity contribution in [2.45, 2.75) is 20.3 Å². The second kappa shape index (κ2) is 7.49. The summed E-state index contributed by atoms with van der Waals surface area (Å²) in [5.41, 5.74) is 0.923. The Morgan fingerprint density at radius 1 is 1.35 bits per heavy atom. The Hall–Kier alpha value is -1.77. The quantitative estimate of drug-likeness (QED) is 0.560. The molecule has 0 N–H and O–H groups in total. The van der Waals surface area contributed by atoms with E-state index in [1.165, 1.54) is 6.08 Å². The third-order valence-electron chi connectivity index (χ3n) is 2.03. The molecule has 0 atom stereocenters. The van der Waals surface area contributed by atoms with E-state index in [1.54, 1.807) is 13.0 Å². The summed E-state index contributed by atoms with van der Waals surface area (Å²) in [7, 11) is 0. The summed E-state index contributed by atoms with van der Waals surface area (Å²) in [6.07, 6.45) is 4.11. The molecule has 0 fully saturated rings. The van der Waals surface area contributed by atoms with Crippen molar-refractivity contribution >= 4 is 12.0 Å². The molecule has 3 heteroatoms. The fourth-order valence-electron chi connectivity index (χ4n) is 1.28. The third-order valence-corrected chi connectivity index (χ3v) is 2.03. The van der Waals surface area contributed by atoms with Crippen LogP contribution in [-0.2, 0) is 9.53 Å². The highest BCUT2D eigenvalue weighted by Gasteiger charge is 1.96. The molecule has 92 valence electrons. The summed E-state index contributed by atoms with van der Waals surface area (Å²) in [6, 6.07) is 7.60. The first kappa shape index (κ1) is 13.3. The van der Waals surface area contributed by atoms with E-state index < -0.39 is 0 Å². The van der Waals surface area contributed by atoms with Gasteiger partial charge in [0.05, 0.1) is 13.2 Å². The molecule has 0 aromatic heterocycles. The molecule has 0 aliphatic carbocycles.